The van der Waals surface area contributed by atoms with Crippen molar-refractivity contribution in [3.8, 4) is 0 Å². The Hall–Kier alpha value is -0.570. The van der Waals surface area contributed by atoms with Crippen LogP contribution in [0.15, 0.2) is 0 Å². The van der Waals surface area contributed by atoms with E-state index in [1.807, 2.05) is 20.8 Å². The molecule has 0 spiro atoms. The zero-order valence-electron chi connectivity index (χ0n) is 8.96. The van der Waals surface area contributed by atoms with Gasteiger partial charge in [0.05, 0.1) is 11.7 Å². The Morgan fingerprint density at radius 2 is 2.08 bits per heavy atom. The lowest BCUT2D eigenvalue weighted by Gasteiger charge is -2.27. The van der Waals surface area contributed by atoms with E-state index < -0.39 is 5.97 Å². The summed E-state index contributed by atoms with van der Waals surface area (Å²) in [5, 5.41) is 8.46. The molecular weight excluding hydrogens is 168 g/mol. The van der Waals surface area contributed by atoms with Crippen molar-refractivity contribution in [3.63, 3.8) is 0 Å². The van der Waals surface area contributed by atoms with Gasteiger partial charge < -0.3 is 9.84 Å². The molecule has 0 bridgehead atoms. The molecule has 0 aromatic rings. The lowest BCUT2D eigenvalue weighted by Crippen LogP contribution is -2.28. The number of hydrogen-bond donors (Lipinski definition) is 1. The number of hydrogen-bond acceptors (Lipinski definition) is 2. The van der Waals surface area contributed by atoms with Crippen LogP contribution in [0.2, 0.25) is 0 Å². The van der Waals surface area contributed by atoms with Gasteiger partial charge in [0.1, 0.15) is 0 Å². The molecule has 3 nitrogen and oxygen atoms in total. The second kappa shape index (κ2) is 5.22. The molecule has 13 heavy (non-hydrogen) atoms. The van der Waals surface area contributed by atoms with Gasteiger partial charge in [-0.25, -0.2) is 0 Å². The summed E-state index contributed by atoms with van der Waals surface area (Å²) in [7, 11) is 0. The Morgan fingerprint density at radius 3 is 2.46 bits per heavy atom. The van der Waals surface area contributed by atoms with E-state index in [4.69, 9.17) is 9.84 Å². The monoisotopic (exact) mass is 188 g/mol. The Bertz CT molecular complexity index is 164. The molecule has 0 fully saturated rings. The van der Waals surface area contributed by atoms with E-state index in [0.29, 0.717) is 6.42 Å². The molecule has 0 amide bonds. The zero-order chi connectivity index (χ0) is 10.5. The topological polar surface area (TPSA) is 46.5 Å². The number of ether oxygens (including phenoxy) is 1. The van der Waals surface area contributed by atoms with Crippen LogP contribution in [-0.4, -0.2) is 22.8 Å². The highest BCUT2D eigenvalue weighted by Crippen LogP contribution is 2.18. The fourth-order valence-corrected chi connectivity index (χ4v) is 1.01. The lowest BCUT2D eigenvalue weighted by molar-refractivity contribution is -0.138. The fraction of sp³-hybridized carbons (Fsp3) is 0.900. The van der Waals surface area contributed by atoms with Crippen LogP contribution in [0.4, 0.5) is 0 Å². The van der Waals surface area contributed by atoms with Crippen LogP contribution >= 0.6 is 0 Å². The highest BCUT2D eigenvalue weighted by molar-refractivity contribution is 5.66. The normalized spacial score (nSPS) is 14.2. The number of carboxylic acid groups (broad SMARTS) is 1. The molecule has 0 radical (unpaired) electrons. The molecule has 1 atom stereocenters. The smallest absolute Gasteiger partial charge is 0.303 e. The van der Waals surface area contributed by atoms with Crippen LogP contribution in [0, 0.1) is 0 Å². The van der Waals surface area contributed by atoms with Crippen molar-refractivity contribution in [2.24, 2.45) is 0 Å². The summed E-state index contributed by atoms with van der Waals surface area (Å²) in [6.45, 7) is 8.01. The van der Waals surface area contributed by atoms with Crippen molar-refractivity contribution in [1.29, 1.82) is 0 Å². The molecule has 0 aliphatic heterocycles. The van der Waals surface area contributed by atoms with E-state index >= 15 is 0 Å². The first kappa shape index (κ1) is 12.4. The third-order valence-corrected chi connectivity index (χ3v) is 2.14. The van der Waals surface area contributed by atoms with E-state index in [1.54, 1.807) is 0 Å². The van der Waals surface area contributed by atoms with Crippen molar-refractivity contribution >= 4 is 5.97 Å². The number of carbonyl (C=O) groups is 1. The number of aliphatic carboxylic acids is 1. The quantitative estimate of drug-likeness (QED) is 0.696. The second-order valence-corrected chi connectivity index (χ2v) is 3.97. The summed E-state index contributed by atoms with van der Waals surface area (Å²) >= 11 is 0. The van der Waals surface area contributed by atoms with Crippen LogP contribution in [0.5, 0.6) is 0 Å². The number of rotatable bonds is 6. The first-order valence-corrected chi connectivity index (χ1v) is 4.77. The molecule has 1 N–H and O–H groups in total. The lowest BCUT2D eigenvalue weighted by atomic mass is 10.1. The van der Waals surface area contributed by atoms with E-state index in [0.717, 1.165) is 6.42 Å². The van der Waals surface area contributed by atoms with E-state index in [-0.39, 0.29) is 18.1 Å². The Labute approximate surface area is 80.1 Å². The van der Waals surface area contributed by atoms with Crippen molar-refractivity contribution in [2.75, 3.05) is 0 Å². The largest absolute Gasteiger partial charge is 0.481 e. The molecule has 0 aliphatic carbocycles. The molecule has 0 saturated heterocycles. The Kier molecular flexibility index (Phi) is 4.99. The summed E-state index contributed by atoms with van der Waals surface area (Å²) in [4.78, 5) is 10.3. The van der Waals surface area contributed by atoms with Crippen LogP contribution < -0.4 is 0 Å². The highest BCUT2D eigenvalue weighted by atomic mass is 16.5. The highest BCUT2D eigenvalue weighted by Gasteiger charge is 2.19. The minimum absolute atomic E-state index is 0.0195. The van der Waals surface area contributed by atoms with Crippen LogP contribution in [0.1, 0.15) is 47.0 Å². The predicted octanol–water partition coefficient (Wildman–Crippen LogP) is 2.44. The average molecular weight is 188 g/mol. The second-order valence-electron chi connectivity index (χ2n) is 3.97. The Morgan fingerprint density at radius 1 is 1.54 bits per heavy atom. The number of carboxylic acids is 1. The Balaban J connectivity index is 3.73. The van der Waals surface area contributed by atoms with Gasteiger partial charge in [0.25, 0.3) is 0 Å². The van der Waals surface area contributed by atoms with Crippen molar-refractivity contribution in [3.05, 3.63) is 0 Å². The molecule has 0 aromatic heterocycles. The third-order valence-electron chi connectivity index (χ3n) is 2.14. The molecule has 0 heterocycles. The molecule has 3 heteroatoms. The van der Waals surface area contributed by atoms with Crippen LogP contribution in [0.3, 0.4) is 0 Å². The minimum Gasteiger partial charge on any atom is -0.481 e. The summed E-state index contributed by atoms with van der Waals surface area (Å²) in [6.07, 6.45) is 1.72. The average Bonchev–Trinajstić information content (AvgIpc) is 2.00. The first-order valence-electron chi connectivity index (χ1n) is 4.77. The summed E-state index contributed by atoms with van der Waals surface area (Å²) in [5.74, 6) is -0.759. The van der Waals surface area contributed by atoms with Gasteiger partial charge in [-0.3, -0.25) is 4.79 Å². The molecule has 1 unspecified atom stereocenters. The fourth-order valence-electron chi connectivity index (χ4n) is 1.01. The molecular formula is C10H20O3. The van der Waals surface area contributed by atoms with Crippen molar-refractivity contribution in [2.45, 2.75) is 58.7 Å². The SMILES string of the molecule is CCC(C)(C)OC(C)CCC(=O)O. The van der Waals surface area contributed by atoms with Gasteiger partial charge >= 0.3 is 5.97 Å². The zero-order valence-corrected chi connectivity index (χ0v) is 8.96. The summed E-state index contributed by atoms with van der Waals surface area (Å²) in [6, 6.07) is 0. The standard InChI is InChI=1S/C10H20O3/c1-5-10(3,4)13-8(2)6-7-9(11)12/h8H,5-7H2,1-4H3,(H,11,12). The predicted molar refractivity (Wildman–Crippen MR) is 51.8 cm³/mol. The van der Waals surface area contributed by atoms with Gasteiger partial charge in [-0.15, -0.1) is 0 Å². The van der Waals surface area contributed by atoms with Gasteiger partial charge in [0, 0.05) is 6.42 Å². The molecule has 0 saturated carbocycles. The van der Waals surface area contributed by atoms with E-state index in [1.165, 1.54) is 0 Å². The van der Waals surface area contributed by atoms with Crippen molar-refractivity contribution in [1.82, 2.24) is 0 Å². The maximum atomic E-state index is 10.3. The molecule has 78 valence electrons. The van der Waals surface area contributed by atoms with Gasteiger partial charge in [0.2, 0.25) is 0 Å². The van der Waals surface area contributed by atoms with E-state index in [9.17, 15) is 4.79 Å². The third kappa shape index (κ3) is 6.58. The van der Waals surface area contributed by atoms with Gasteiger partial charge in [-0.1, -0.05) is 6.92 Å². The first-order chi connectivity index (χ1) is 5.87. The molecule has 0 aromatic carbocycles. The molecule has 0 aliphatic rings. The maximum absolute atomic E-state index is 10.3. The maximum Gasteiger partial charge on any atom is 0.303 e. The van der Waals surface area contributed by atoms with E-state index in [2.05, 4.69) is 6.92 Å². The van der Waals surface area contributed by atoms with Gasteiger partial charge in [-0.05, 0) is 33.6 Å². The van der Waals surface area contributed by atoms with Gasteiger partial charge in [-0.2, -0.15) is 0 Å². The van der Waals surface area contributed by atoms with Gasteiger partial charge in [0.15, 0.2) is 0 Å². The van der Waals surface area contributed by atoms with Crippen molar-refractivity contribution < 1.29 is 14.6 Å². The summed E-state index contributed by atoms with van der Waals surface area (Å²) in [5.41, 5.74) is -0.141. The molecule has 0 rings (SSSR count). The van der Waals surface area contributed by atoms with Crippen LogP contribution in [-0.2, 0) is 9.53 Å². The summed E-state index contributed by atoms with van der Waals surface area (Å²) < 4.78 is 5.67. The minimum atomic E-state index is -0.759. The van der Waals surface area contributed by atoms with Crippen LogP contribution in [0.25, 0.3) is 0 Å².